The van der Waals surface area contributed by atoms with Crippen molar-refractivity contribution >= 4 is 11.9 Å². The zero-order valence-electron chi connectivity index (χ0n) is 18.7. The van der Waals surface area contributed by atoms with E-state index >= 15 is 0 Å². The summed E-state index contributed by atoms with van der Waals surface area (Å²) in [5.74, 6) is 1.11. The van der Waals surface area contributed by atoms with Crippen molar-refractivity contribution in [1.29, 1.82) is 0 Å². The average molecular weight is 385 g/mol. The lowest BCUT2D eigenvalue weighted by atomic mass is 9.74. The van der Waals surface area contributed by atoms with Crippen LogP contribution in [0, 0.1) is 23.7 Å². The Hall–Kier alpha value is -1.06. The molecular weight excluding hydrogens is 340 g/mol. The Morgan fingerprint density at radius 1 is 0.667 bits per heavy atom. The molecule has 0 heterocycles. The van der Waals surface area contributed by atoms with Crippen molar-refractivity contribution < 1.29 is 19.1 Å². The maximum Gasteiger partial charge on any atom is 0.309 e. The van der Waals surface area contributed by atoms with E-state index in [1.165, 1.54) is 59.2 Å². The van der Waals surface area contributed by atoms with Crippen LogP contribution in [0.2, 0.25) is 0 Å². The average Bonchev–Trinajstić information content (AvgIpc) is 2.63. The van der Waals surface area contributed by atoms with Gasteiger partial charge in [0.25, 0.3) is 0 Å². The molecule has 160 valence electrons. The summed E-state index contributed by atoms with van der Waals surface area (Å²) in [6.45, 7) is 8.71. The molecule has 0 aromatic carbocycles. The smallest absolute Gasteiger partial charge is 0.309 e. The van der Waals surface area contributed by atoms with E-state index in [0.29, 0.717) is 24.2 Å². The minimum atomic E-state index is -0.0957. The van der Waals surface area contributed by atoms with Crippen molar-refractivity contribution in [2.75, 3.05) is 14.2 Å². The van der Waals surface area contributed by atoms with Crippen LogP contribution in [0.3, 0.4) is 0 Å². The second-order valence-electron chi connectivity index (χ2n) is 8.50. The molecular formula is C23H44O4. The van der Waals surface area contributed by atoms with Crippen LogP contribution in [0.25, 0.3) is 0 Å². The standard InChI is InChI=1S/C23H44O4/c1-18(2)20(22(19(3)4)23(25)27-6)16-14-12-10-8-7-9-11-13-15-17-21(24)26-5/h18-20,22H,7-17H2,1-6H3. The second kappa shape index (κ2) is 15.9. The van der Waals surface area contributed by atoms with E-state index in [-0.39, 0.29) is 17.9 Å². The van der Waals surface area contributed by atoms with Gasteiger partial charge >= 0.3 is 11.9 Å². The summed E-state index contributed by atoms with van der Waals surface area (Å²) in [5, 5.41) is 0. The molecule has 0 fully saturated rings. The molecule has 0 bridgehead atoms. The number of hydrogen-bond donors (Lipinski definition) is 0. The number of ether oxygens (including phenoxy) is 2. The predicted molar refractivity (Wildman–Crippen MR) is 111 cm³/mol. The van der Waals surface area contributed by atoms with E-state index in [1.54, 1.807) is 0 Å². The van der Waals surface area contributed by atoms with Gasteiger partial charge in [0.05, 0.1) is 20.1 Å². The third-order valence-corrected chi connectivity index (χ3v) is 5.66. The molecule has 0 aliphatic heterocycles. The summed E-state index contributed by atoms with van der Waals surface area (Å²) in [6, 6.07) is 0. The van der Waals surface area contributed by atoms with Crippen molar-refractivity contribution in [3.8, 4) is 0 Å². The first-order valence-corrected chi connectivity index (χ1v) is 11.0. The maximum atomic E-state index is 12.2. The van der Waals surface area contributed by atoms with E-state index in [1.807, 2.05) is 0 Å². The molecule has 0 radical (unpaired) electrons. The van der Waals surface area contributed by atoms with Crippen LogP contribution in [-0.2, 0) is 19.1 Å². The molecule has 0 aromatic rings. The Bertz CT molecular complexity index is 390. The third kappa shape index (κ3) is 12.1. The van der Waals surface area contributed by atoms with E-state index in [4.69, 9.17) is 4.74 Å². The van der Waals surface area contributed by atoms with E-state index in [9.17, 15) is 9.59 Å². The minimum Gasteiger partial charge on any atom is -0.469 e. The number of methoxy groups -OCH3 is 2. The van der Waals surface area contributed by atoms with Gasteiger partial charge in [-0.1, -0.05) is 79.1 Å². The van der Waals surface area contributed by atoms with Crippen molar-refractivity contribution in [3.63, 3.8) is 0 Å². The van der Waals surface area contributed by atoms with Gasteiger partial charge in [0.15, 0.2) is 0 Å². The maximum absolute atomic E-state index is 12.2. The number of rotatable bonds is 16. The van der Waals surface area contributed by atoms with Crippen molar-refractivity contribution in [2.45, 2.75) is 98.3 Å². The van der Waals surface area contributed by atoms with Crippen molar-refractivity contribution in [3.05, 3.63) is 0 Å². The predicted octanol–water partition coefficient (Wildman–Crippen LogP) is 6.17. The summed E-state index contributed by atoms with van der Waals surface area (Å²) in [6.07, 6.45) is 12.5. The summed E-state index contributed by atoms with van der Waals surface area (Å²) in [7, 11) is 2.95. The highest BCUT2D eigenvalue weighted by Gasteiger charge is 2.33. The van der Waals surface area contributed by atoms with Gasteiger partial charge in [0.1, 0.15) is 0 Å². The molecule has 0 saturated heterocycles. The fraction of sp³-hybridized carbons (Fsp3) is 0.913. The molecule has 0 rings (SSSR count). The normalized spacial score (nSPS) is 13.6. The van der Waals surface area contributed by atoms with E-state index in [0.717, 1.165) is 19.3 Å². The Kier molecular flexibility index (Phi) is 15.3. The molecule has 0 aliphatic carbocycles. The third-order valence-electron chi connectivity index (χ3n) is 5.66. The monoisotopic (exact) mass is 384 g/mol. The lowest BCUT2D eigenvalue weighted by Gasteiger charge is -2.31. The summed E-state index contributed by atoms with van der Waals surface area (Å²) in [4.78, 5) is 23.2. The van der Waals surface area contributed by atoms with Crippen LogP contribution in [-0.4, -0.2) is 26.2 Å². The highest BCUT2D eigenvalue weighted by atomic mass is 16.5. The molecule has 0 aliphatic rings. The van der Waals surface area contributed by atoms with E-state index < -0.39 is 0 Å². The molecule has 0 saturated carbocycles. The van der Waals surface area contributed by atoms with Crippen LogP contribution >= 0.6 is 0 Å². The second-order valence-corrected chi connectivity index (χ2v) is 8.50. The number of carbonyl (C=O) groups excluding carboxylic acids is 2. The molecule has 0 spiro atoms. The minimum absolute atomic E-state index is 0.0139. The topological polar surface area (TPSA) is 52.6 Å². The lowest BCUT2D eigenvalue weighted by Crippen LogP contribution is -2.32. The largest absolute Gasteiger partial charge is 0.469 e. The first-order valence-electron chi connectivity index (χ1n) is 11.0. The molecule has 2 atom stereocenters. The summed E-state index contributed by atoms with van der Waals surface area (Å²) >= 11 is 0. The zero-order valence-corrected chi connectivity index (χ0v) is 18.7. The number of hydrogen-bond acceptors (Lipinski definition) is 4. The fourth-order valence-electron chi connectivity index (χ4n) is 3.99. The van der Waals surface area contributed by atoms with Crippen molar-refractivity contribution in [1.82, 2.24) is 0 Å². The molecule has 4 nitrogen and oxygen atoms in total. The summed E-state index contributed by atoms with van der Waals surface area (Å²) in [5.41, 5.74) is 0. The van der Waals surface area contributed by atoms with Crippen LogP contribution in [0.15, 0.2) is 0 Å². The summed E-state index contributed by atoms with van der Waals surface area (Å²) < 4.78 is 9.71. The Morgan fingerprint density at radius 2 is 1.15 bits per heavy atom. The SMILES string of the molecule is COC(=O)CCCCCCCCCCCC(C(C)C)C(C(=O)OC)C(C)C. The molecule has 2 unspecified atom stereocenters. The highest BCUT2D eigenvalue weighted by molar-refractivity contribution is 5.73. The van der Waals surface area contributed by atoms with Gasteiger partial charge in [-0.05, 0) is 30.6 Å². The van der Waals surface area contributed by atoms with Crippen LogP contribution in [0.4, 0.5) is 0 Å². The molecule has 0 aromatic heterocycles. The number of unbranched alkanes of at least 4 members (excludes halogenated alkanes) is 8. The first-order chi connectivity index (χ1) is 12.8. The molecule has 0 amide bonds. The van der Waals surface area contributed by atoms with Crippen LogP contribution < -0.4 is 0 Å². The van der Waals surface area contributed by atoms with Gasteiger partial charge in [-0.15, -0.1) is 0 Å². The molecule has 4 heteroatoms. The van der Waals surface area contributed by atoms with Gasteiger partial charge in [0.2, 0.25) is 0 Å². The quantitative estimate of drug-likeness (QED) is 0.236. The molecule has 27 heavy (non-hydrogen) atoms. The lowest BCUT2D eigenvalue weighted by molar-refractivity contribution is -0.150. The van der Waals surface area contributed by atoms with Crippen LogP contribution in [0.1, 0.15) is 98.3 Å². The highest BCUT2D eigenvalue weighted by Crippen LogP contribution is 2.33. The number of carbonyl (C=O) groups is 2. The van der Waals surface area contributed by atoms with E-state index in [2.05, 4.69) is 32.4 Å². The van der Waals surface area contributed by atoms with Gasteiger partial charge in [-0.3, -0.25) is 9.59 Å². The van der Waals surface area contributed by atoms with Gasteiger partial charge in [-0.2, -0.15) is 0 Å². The first kappa shape index (κ1) is 25.9. The van der Waals surface area contributed by atoms with Gasteiger partial charge < -0.3 is 9.47 Å². The number of esters is 2. The van der Waals surface area contributed by atoms with Gasteiger partial charge in [-0.25, -0.2) is 0 Å². The van der Waals surface area contributed by atoms with Gasteiger partial charge in [0, 0.05) is 6.42 Å². The Balaban J connectivity index is 3.87. The fourth-order valence-corrected chi connectivity index (χ4v) is 3.99. The van der Waals surface area contributed by atoms with Crippen LogP contribution in [0.5, 0.6) is 0 Å². The molecule has 0 N–H and O–H groups in total. The van der Waals surface area contributed by atoms with Crippen molar-refractivity contribution in [2.24, 2.45) is 23.7 Å². The Morgan fingerprint density at radius 3 is 1.56 bits per heavy atom. The Labute approximate surface area is 167 Å². The zero-order chi connectivity index (χ0) is 20.7.